The number of nitrogens with zero attached hydrogens (tertiary/aromatic N) is 4. The van der Waals surface area contributed by atoms with Crippen molar-refractivity contribution in [2.45, 2.75) is 46.5 Å². The number of hydrogen-bond acceptors (Lipinski definition) is 5. The number of nitriles is 1. The van der Waals surface area contributed by atoms with Crippen molar-refractivity contribution in [3.63, 3.8) is 0 Å². The smallest absolute Gasteiger partial charge is 0.216 e. The zero-order valence-electron chi connectivity index (χ0n) is 14.2. The van der Waals surface area contributed by atoms with E-state index in [2.05, 4.69) is 33.4 Å². The van der Waals surface area contributed by atoms with E-state index in [0.717, 1.165) is 50.0 Å². The van der Waals surface area contributed by atoms with Crippen molar-refractivity contribution < 1.29 is 4.79 Å². The Hall–Kier alpha value is -2.16. The van der Waals surface area contributed by atoms with E-state index in [-0.39, 0.29) is 5.91 Å². The average molecular weight is 315 g/mol. The molecule has 23 heavy (non-hydrogen) atoms. The molecule has 1 aliphatic heterocycles. The molecule has 1 unspecified atom stereocenters. The fraction of sp³-hybridized carbons (Fsp3) is 0.647. The van der Waals surface area contributed by atoms with Crippen LogP contribution in [0.3, 0.4) is 0 Å². The van der Waals surface area contributed by atoms with Gasteiger partial charge < -0.3 is 10.2 Å². The molecule has 0 radical (unpaired) electrons. The van der Waals surface area contributed by atoms with Gasteiger partial charge >= 0.3 is 0 Å². The summed E-state index contributed by atoms with van der Waals surface area (Å²) in [6, 6.07) is 2.34. The van der Waals surface area contributed by atoms with Gasteiger partial charge in [0.1, 0.15) is 11.6 Å². The lowest BCUT2D eigenvalue weighted by Crippen LogP contribution is -2.41. The average Bonchev–Trinajstić information content (AvgIpc) is 2.58. The summed E-state index contributed by atoms with van der Waals surface area (Å²) < 4.78 is 0. The number of amides is 1. The highest BCUT2D eigenvalue weighted by atomic mass is 16.1. The van der Waals surface area contributed by atoms with Crippen LogP contribution in [0.4, 0.5) is 5.82 Å². The Bertz CT molecular complexity index is 608. The summed E-state index contributed by atoms with van der Waals surface area (Å²) >= 11 is 0. The predicted octanol–water partition coefficient (Wildman–Crippen LogP) is 1.83. The van der Waals surface area contributed by atoms with Gasteiger partial charge in [0.05, 0.1) is 5.69 Å². The number of hydrogen-bond donors (Lipinski definition) is 1. The molecule has 0 aliphatic carbocycles. The fourth-order valence-corrected chi connectivity index (χ4v) is 3.21. The number of nitrogens with one attached hydrogen (secondary N) is 1. The van der Waals surface area contributed by atoms with Crippen molar-refractivity contribution >= 4 is 11.7 Å². The third-order valence-corrected chi connectivity index (χ3v) is 4.40. The number of aromatic nitrogens is 2. The Labute approximate surface area is 137 Å². The lowest BCUT2D eigenvalue weighted by molar-refractivity contribution is -0.119. The molecular weight excluding hydrogens is 290 g/mol. The lowest BCUT2D eigenvalue weighted by atomic mass is 9.96. The number of carbonyl (C=O) groups excluding carboxylic acids is 1. The Morgan fingerprint density at radius 3 is 2.78 bits per heavy atom. The highest BCUT2D eigenvalue weighted by Gasteiger charge is 2.25. The summed E-state index contributed by atoms with van der Waals surface area (Å²) in [5, 5.41) is 21.2. The molecule has 1 N–H and O–H groups in total. The van der Waals surface area contributed by atoms with Crippen molar-refractivity contribution in [1.29, 1.82) is 5.26 Å². The van der Waals surface area contributed by atoms with Crippen LogP contribution in [0, 0.1) is 17.2 Å². The third-order valence-electron chi connectivity index (χ3n) is 4.40. The highest BCUT2D eigenvalue weighted by Crippen LogP contribution is 2.27. The molecule has 0 saturated carbocycles. The van der Waals surface area contributed by atoms with Gasteiger partial charge in [-0.3, -0.25) is 4.79 Å². The van der Waals surface area contributed by atoms with Crippen molar-refractivity contribution in [2.75, 3.05) is 24.5 Å². The first kappa shape index (κ1) is 17.2. The molecule has 2 heterocycles. The minimum atomic E-state index is 0.000182. The SMILES string of the molecule is CCc1nnc(N2CCCC(CNC(C)=O)C2)c(C#N)c1CC. The number of aryl methyl sites for hydroxylation is 1. The summed E-state index contributed by atoms with van der Waals surface area (Å²) in [7, 11) is 0. The summed E-state index contributed by atoms with van der Waals surface area (Å²) in [6.07, 6.45) is 3.70. The van der Waals surface area contributed by atoms with Gasteiger partial charge in [-0.2, -0.15) is 10.4 Å². The molecule has 6 nitrogen and oxygen atoms in total. The molecule has 1 aromatic heterocycles. The standard InChI is InChI=1S/C17H25N5O/c1-4-14-15(9-18)17(21-20-16(14)5-2)22-8-6-7-13(11-22)10-19-12(3)23/h13H,4-8,10-11H2,1-3H3,(H,19,23). The van der Waals surface area contributed by atoms with Gasteiger partial charge in [0.25, 0.3) is 0 Å². The second-order valence-corrected chi connectivity index (χ2v) is 6.03. The van der Waals surface area contributed by atoms with E-state index in [4.69, 9.17) is 0 Å². The fourth-order valence-electron chi connectivity index (χ4n) is 3.21. The van der Waals surface area contributed by atoms with Crippen molar-refractivity contribution in [2.24, 2.45) is 5.92 Å². The van der Waals surface area contributed by atoms with E-state index in [0.29, 0.717) is 23.8 Å². The van der Waals surface area contributed by atoms with Crippen LogP contribution in [0.15, 0.2) is 0 Å². The minimum absolute atomic E-state index is 0.000182. The monoisotopic (exact) mass is 315 g/mol. The largest absolute Gasteiger partial charge is 0.356 e. The van der Waals surface area contributed by atoms with Crippen molar-refractivity contribution in [3.8, 4) is 6.07 Å². The molecule has 124 valence electrons. The van der Waals surface area contributed by atoms with Crippen molar-refractivity contribution in [1.82, 2.24) is 15.5 Å². The molecule has 1 aliphatic rings. The maximum absolute atomic E-state index is 11.1. The van der Waals surface area contributed by atoms with E-state index < -0.39 is 0 Å². The van der Waals surface area contributed by atoms with E-state index in [1.165, 1.54) is 6.92 Å². The molecule has 1 amide bonds. The second-order valence-electron chi connectivity index (χ2n) is 6.03. The molecular formula is C17H25N5O. The second kappa shape index (κ2) is 7.91. The first-order valence-electron chi connectivity index (χ1n) is 8.38. The van der Waals surface area contributed by atoms with Crippen LogP contribution in [0.2, 0.25) is 0 Å². The van der Waals surface area contributed by atoms with Gasteiger partial charge in [-0.05, 0) is 37.2 Å². The van der Waals surface area contributed by atoms with Crippen LogP contribution < -0.4 is 10.2 Å². The zero-order chi connectivity index (χ0) is 16.8. The van der Waals surface area contributed by atoms with Gasteiger partial charge in [0.2, 0.25) is 5.91 Å². The first-order valence-corrected chi connectivity index (χ1v) is 8.38. The maximum Gasteiger partial charge on any atom is 0.216 e. The highest BCUT2D eigenvalue weighted by molar-refractivity contribution is 5.72. The van der Waals surface area contributed by atoms with E-state index in [1.807, 2.05) is 6.92 Å². The molecule has 0 aromatic carbocycles. The predicted molar refractivity (Wildman–Crippen MR) is 89.1 cm³/mol. The van der Waals surface area contributed by atoms with Crippen LogP contribution >= 0.6 is 0 Å². The van der Waals surface area contributed by atoms with Gasteiger partial charge in [-0.25, -0.2) is 0 Å². The van der Waals surface area contributed by atoms with Crippen LogP contribution in [-0.2, 0) is 17.6 Å². The van der Waals surface area contributed by atoms with Gasteiger partial charge in [-0.15, -0.1) is 5.10 Å². The molecule has 1 fully saturated rings. The quantitative estimate of drug-likeness (QED) is 0.896. The van der Waals surface area contributed by atoms with Crippen molar-refractivity contribution in [3.05, 3.63) is 16.8 Å². The van der Waals surface area contributed by atoms with Crippen LogP contribution in [0.25, 0.3) is 0 Å². The molecule has 0 spiro atoms. The van der Waals surface area contributed by atoms with Crippen LogP contribution in [0.5, 0.6) is 0 Å². The van der Waals surface area contributed by atoms with E-state index in [1.54, 1.807) is 0 Å². The molecule has 1 aromatic rings. The van der Waals surface area contributed by atoms with Gasteiger partial charge in [0, 0.05) is 26.6 Å². The van der Waals surface area contributed by atoms with E-state index >= 15 is 0 Å². The van der Waals surface area contributed by atoms with Gasteiger partial charge in [-0.1, -0.05) is 13.8 Å². The Kier molecular flexibility index (Phi) is 5.91. The topological polar surface area (TPSA) is 81.9 Å². The Balaban J connectivity index is 2.23. The Morgan fingerprint density at radius 2 is 2.17 bits per heavy atom. The minimum Gasteiger partial charge on any atom is -0.356 e. The van der Waals surface area contributed by atoms with Crippen LogP contribution in [-0.4, -0.2) is 35.7 Å². The lowest BCUT2D eigenvalue weighted by Gasteiger charge is -2.34. The van der Waals surface area contributed by atoms with E-state index in [9.17, 15) is 10.1 Å². The first-order chi connectivity index (χ1) is 11.1. The number of anilines is 1. The molecule has 2 rings (SSSR count). The molecule has 6 heteroatoms. The summed E-state index contributed by atoms with van der Waals surface area (Å²) in [4.78, 5) is 13.3. The normalized spacial score (nSPS) is 17.7. The number of carbonyl (C=O) groups is 1. The summed E-state index contributed by atoms with van der Waals surface area (Å²) in [6.45, 7) is 7.99. The molecule has 1 saturated heterocycles. The third kappa shape index (κ3) is 3.98. The van der Waals surface area contributed by atoms with Gasteiger partial charge in [0.15, 0.2) is 5.82 Å². The number of rotatable bonds is 5. The summed E-state index contributed by atoms with van der Waals surface area (Å²) in [5.41, 5.74) is 2.60. The van der Waals surface area contributed by atoms with Crippen LogP contribution in [0.1, 0.15) is 50.4 Å². The maximum atomic E-state index is 11.1. The summed E-state index contributed by atoms with van der Waals surface area (Å²) in [5.74, 6) is 1.09. The zero-order valence-corrected chi connectivity index (χ0v) is 14.2. The number of piperidine rings is 1. The molecule has 0 bridgehead atoms. The molecule has 1 atom stereocenters. The Morgan fingerprint density at radius 1 is 1.39 bits per heavy atom.